The van der Waals surface area contributed by atoms with E-state index in [0.29, 0.717) is 22.2 Å². The van der Waals surface area contributed by atoms with Crippen molar-refractivity contribution < 1.29 is 9.52 Å². The summed E-state index contributed by atoms with van der Waals surface area (Å²) in [5, 5.41) is 10.7. The van der Waals surface area contributed by atoms with E-state index in [1.807, 2.05) is 43.3 Å². The number of oxazole rings is 1. The SMILES string of the molecule is Cc1cc2nc(-c3cccc(N=Cc4cc(Cl)cc(Cl)c4O)c3)oc2cc1C. The predicted octanol–water partition coefficient (Wildman–Crippen LogP) is 6.87. The molecule has 0 spiro atoms. The van der Waals surface area contributed by atoms with E-state index in [1.165, 1.54) is 17.8 Å². The van der Waals surface area contributed by atoms with Crippen molar-refractivity contribution in [3.05, 3.63) is 75.3 Å². The van der Waals surface area contributed by atoms with E-state index in [0.717, 1.165) is 22.2 Å². The Morgan fingerprint density at radius 2 is 1.82 bits per heavy atom. The summed E-state index contributed by atoms with van der Waals surface area (Å²) < 4.78 is 5.92. The average Bonchev–Trinajstić information content (AvgIpc) is 3.07. The number of aliphatic imine (C=N–C) groups is 1. The summed E-state index contributed by atoms with van der Waals surface area (Å²) in [7, 11) is 0. The highest BCUT2D eigenvalue weighted by molar-refractivity contribution is 6.36. The number of hydrogen-bond donors (Lipinski definition) is 1. The summed E-state index contributed by atoms with van der Waals surface area (Å²) in [5.74, 6) is 0.473. The molecular weight excluding hydrogens is 395 g/mol. The zero-order valence-corrected chi connectivity index (χ0v) is 16.7. The number of aryl methyl sites for hydroxylation is 2. The lowest BCUT2D eigenvalue weighted by atomic mass is 10.1. The molecule has 4 aromatic rings. The summed E-state index contributed by atoms with van der Waals surface area (Å²) in [6, 6.07) is 14.6. The van der Waals surface area contributed by atoms with Crippen LogP contribution < -0.4 is 0 Å². The van der Waals surface area contributed by atoms with Crippen LogP contribution in [0.3, 0.4) is 0 Å². The van der Waals surface area contributed by atoms with Gasteiger partial charge in [-0.3, -0.25) is 4.99 Å². The lowest BCUT2D eigenvalue weighted by Gasteiger charge is -2.02. The van der Waals surface area contributed by atoms with Gasteiger partial charge in [0.15, 0.2) is 5.58 Å². The van der Waals surface area contributed by atoms with Crippen LogP contribution in [0, 0.1) is 13.8 Å². The van der Waals surface area contributed by atoms with Crippen molar-refractivity contribution in [2.75, 3.05) is 0 Å². The van der Waals surface area contributed by atoms with E-state index >= 15 is 0 Å². The Labute approximate surface area is 172 Å². The molecule has 28 heavy (non-hydrogen) atoms. The summed E-state index contributed by atoms with van der Waals surface area (Å²) in [5.41, 5.74) is 5.85. The average molecular weight is 411 g/mol. The number of phenols is 1. The molecule has 0 atom stereocenters. The number of fused-ring (bicyclic) bond motifs is 1. The largest absolute Gasteiger partial charge is 0.506 e. The molecule has 4 nitrogen and oxygen atoms in total. The second kappa shape index (κ2) is 7.30. The van der Waals surface area contributed by atoms with Crippen molar-refractivity contribution in [1.82, 2.24) is 4.98 Å². The molecule has 0 saturated carbocycles. The van der Waals surface area contributed by atoms with Gasteiger partial charge in [-0.1, -0.05) is 29.3 Å². The van der Waals surface area contributed by atoms with Crippen LogP contribution in [0.5, 0.6) is 5.75 Å². The monoisotopic (exact) mass is 410 g/mol. The molecule has 0 radical (unpaired) electrons. The van der Waals surface area contributed by atoms with Crippen molar-refractivity contribution in [3.63, 3.8) is 0 Å². The van der Waals surface area contributed by atoms with E-state index < -0.39 is 0 Å². The normalized spacial score (nSPS) is 11.6. The van der Waals surface area contributed by atoms with Crippen molar-refractivity contribution in [3.8, 4) is 17.2 Å². The summed E-state index contributed by atoms with van der Waals surface area (Å²) in [4.78, 5) is 9.00. The van der Waals surface area contributed by atoms with Crippen molar-refractivity contribution >= 4 is 46.2 Å². The van der Waals surface area contributed by atoms with Crippen LogP contribution in [0.2, 0.25) is 10.0 Å². The third-order valence-corrected chi connectivity index (χ3v) is 5.01. The minimum Gasteiger partial charge on any atom is -0.506 e. The maximum Gasteiger partial charge on any atom is 0.227 e. The fourth-order valence-corrected chi connectivity index (χ4v) is 3.36. The smallest absolute Gasteiger partial charge is 0.227 e. The Hall–Kier alpha value is -2.82. The van der Waals surface area contributed by atoms with Crippen LogP contribution in [0.1, 0.15) is 16.7 Å². The lowest BCUT2D eigenvalue weighted by molar-refractivity contribution is 0.475. The van der Waals surface area contributed by atoms with E-state index in [1.54, 1.807) is 6.07 Å². The summed E-state index contributed by atoms with van der Waals surface area (Å²) in [6.45, 7) is 4.10. The fourth-order valence-electron chi connectivity index (χ4n) is 2.85. The molecule has 1 aromatic heterocycles. The van der Waals surface area contributed by atoms with Crippen LogP contribution >= 0.6 is 23.2 Å². The van der Waals surface area contributed by atoms with Gasteiger partial charge in [-0.05, 0) is 67.4 Å². The number of hydrogen-bond acceptors (Lipinski definition) is 4. The van der Waals surface area contributed by atoms with E-state index in [-0.39, 0.29) is 10.8 Å². The van der Waals surface area contributed by atoms with Crippen LogP contribution in [-0.2, 0) is 0 Å². The topological polar surface area (TPSA) is 58.6 Å². The second-order valence-corrected chi connectivity index (χ2v) is 7.40. The number of benzene rings is 3. The van der Waals surface area contributed by atoms with Gasteiger partial charge in [-0.15, -0.1) is 0 Å². The molecule has 0 amide bonds. The second-order valence-electron chi connectivity index (χ2n) is 6.56. The van der Waals surface area contributed by atoms with Crippen LogP contribution in [0.25, 0.3) is 22.6 Å². The van der Waals surface area contributed by atoms with Gasteiger partial charge in [0.1, 0.15) is 11.3 Å². The van der Waals surface area contributed by atoms with E-state index in [9.17, 15) is 5.11 Å². The first-order valence-corrected chi connectivity index (χ1v) is 9.36. The minimum atomic E-state index is -0.0596. The molecule has 0 fully saturated rings. The molecule has 0 bridgehead atoms. The highest BCUT2D eigenvalue weighted by atomic mass is 35.5. The number of rotatable bonds is 3. The van der Waals surface area contributed by atoms with Gasteiger partial charge in [0, 0.05) is 22.4 Å². The van der Waals surface area contributed by atoms with E-state index in [4.69, 9.17) is 27.6 Å². The number of aromatic nitrogens is 1. The van der Waals surface area contributed by atoms with Gasteiger partial charge in [0.05, 0.1) is 10.7 Å². The van der Waals surface area contributed by atoms with Crippen LogP contribution in [0.4, 0.5) is 5.69 Å². The van der Waals surface area contributed by atoms with Gasteiger partial charge >= 0.3 is 0 Å². The molecule has 0 saturated heterocycles. The molecule has 3 aromatic carbocycles. The number of aromatic hydroxyl groups is 1. The minimum absolute atomic E-state index is 0.0596. The molecular formula is C22H16Cl2N2O2. The van der Waals surface area contributed by atoms with Crippen molar-refractivity contribution in [1.29, 1.82) is 0 Å². The van der Waals surface area contributed by atoms with Gasteiger partial charge in [-0.2, -0.15) is 0 Å². The molecule has 1 heterocycles. The number of halogens is 2. The summed E-state index contributed by atoms with van der Waals surface area (Å²) >= 11 is 11.9. The van der Waals surface area contributed by atoms with Gasteiger partial charge in [0.25, 0.3) is 0 Å². The predicted molar refractivity (Wildman–Crippen MR) is 114 cm³/mol. The Kier molecular flexibility index (Phi) is 4.84. The van der Waals surface area contributed by atoms with Crippen LogP contribution in [0.15, 0.2) is 57.9 Å². The van der Waals surface area contributed by atoms with Crippen molar-refractivity contribution in [2.24, 2.45) is 4.99 Å². The number of nitrogens with zero attached hydrogens (tertiary/aromatic N) is 2. The molecule has 0 unspecified atom stereocenters. The Balaban J connectivity index is 1.69. The van der Waals surface area contributed by atoms with Gasteiger partial charge < -0.3 is 9.52 Å². The maximum absolute atomic E-state index is 10.1. The molecule has 6 heteroatoms. The Morgan fingerprint density at radius 1 is 1.04 bits per heavy atom. The van der Waals surface area contributed by atoms with Gasteiger partial charge in [-0.25, -0.2) is 4.98 Å². The highest BCUT2D eigenvalue weighted by Crippen LogP contribution is 2.31. The zero-order valence-electron chi connectivity index (χ0n) is 15.2. The zero-order chi connectivity index (χ0) is 19.8. The molecule has 0 aliphatic carbocycles. The lowest BCUT2D eigenvalue weighted by Crippen LogP contribution is -1.84. The summed E-state index contributed by atoms with van der Waals surface area (Å²) in [6.07, 6.45) is 1.52. The third kappa shape index (κ3) is 3.61. The molecule has 140 valence electrons. The molecule has 1 N–H and O–H groups in total. The number of phenolic OH excluding ortho intramolecular Hbond substituents is 1. The first-order chi connectivity index (χ1) is 13.4. The quantitative estimate of drug-likeness (QED) is 0.374. The Bertz CT molecular complexity index is 1190. The molecule has 0 aliphatic heterocycles. The third-order valence-electron chi connectivity index (χ3n) is 4.51. The molecule has 4 rings (SSSR count). The molecule has 0 aliphatic rings. The maximum atomic E-state index is 10.1. The van der Waals surface area contributed by atoms with Crippen LogP contribution in [-0.4, -0.2) is 16.3 Å². The Morgan fingerprint density at radius 3 is 2.64 bits per heavy atom. The van der Waals surface area contributed by atoms with E-state index in [2.05, 4.69) is 16.9 Å². The van der Waals surface area contributed by atoms with Gasteiger partial charge in [0.2, 0.25) is 5.89 Å². The fraction of sp³-hybridized carbons (Fsp3) is 0.0909. The first-order valence-electron chi connectivity index (χ1n) is 8.61. The van der Waals surface area contributed by atoms with Crippen molar-refractivity contribution in [2.45, 2.75) is 13.8 Å². The first kappa shape index (κ1) is 18.5. The standard InChI is InChI=1S/C22H16Cl2N2O2/c1-12-6-19-20(7-13(12)2)28-22(26-19)14-4-3-5-17(9-14)25-11-15-8-16(23)10-18(24)21(15)27/h3-11,27H,1-2H3. The highest BCUT2D eigenvalue weighted by Gasteiger charge is 2.10.